The number of carbonyl (C=O) groups excluding carboxylic acids is 2. The van der Waals surface area contributed by atoms with E-state index in [1.54, 1.807) is 61.8 Å². The van der Waals surface area contributed by atoms with Crippen LogP contribution in [0.4, 0.5) is 17.2 Å². The maximum Gasteiger partial charge on any atom is 0.339 e. The molecule has 7 N–H and O–H groups in total. The van der Waals surface area contributed by atoms with E-state index in [1.807, 2.05) is 100 Å². The number of esters is 2. The summed E-state index contributed by atoms with van der Waals surface area (Å²) >= 11 is 19.7. The Kier molecular flexibility index (Phi) is 35.3. The number of nitrogens with one attached hydrogen (secondary N) is 4. The fourth-order valence-corrected chi connectivity index (χ4v) is 7.32. The van der Waals surface area contributed by atoms with E-state index in [1.165, 1.54) is 6.92 Å². The lowest BCUT2D eigenvalue weighted by Crippen LogP contribution is -2.27. The zero-order chi connectivity index (χ0) is 68.0. The van der Waals surface area contributed by atoms with Crippen LogP contribution in [0.2, 0.25) is 5.15 Å². The molecule has 0 aliphatic heterocycles. The molecule has 7 aromatic heterocycles. The molecule has 0 bridgehead atoms. The average molecular weight is 1380 g/mol. The van der Waals surface area contributed by atoms with Crippen LogP contribution >= 0.6 is 62.9 Å². The summed E-state index contributed by atoms with van der Waals surface area (Å²) < 4.78 is 45.2. The predicted molar refractivity (Wildman–Crippen MR) is 359 cm³/mol. The molecule has 31 heteroatoms. The van der Waals surface area contributed by atoms with E-state index in [9.17, 15) is 28.8 Å². The van der Waals surface area contributed by atoms with E-state index >= 15 is 0 Å². The monoisotopic (exact) mass is 1370 g/mol. The Balaban J connectivity index is 0.000000538. The van der Waals surface area contributed by atoms with Crippen molar-refractivity contribution in [3.63, 3.8) is 0 Å². The number of aromatic hydroxyl groups is 1. The number of halogens is 5. The van der Waals surface area contributed by atoms with Gasteiger partial charge in [-0.1, -0.05) is 11.6 Å². The molecule has 0 aliphatic rings. The minimum atomic E-state index is -3.22. The van der Waals surface area contributed by atoms with Gasteiger partial charge in [0.15, 0.2) is 5.92 Å². The maximum atomic E-state index is 11.3. The molecule has 2 aromatic carbocycles. The number of carbonyl (C=O) groups is 2. The van der Waals surface area contributed by atoms with Crippen LogP contribution in [0.25, 0.3) is 33.3 Å². The Bertz CT molecular complexity index is 4010. The fourth-order valence-electron chi connectivity index (χ4n) is 7.06. The molecule has 0 radical (unpaired) electrons. The van der Waals surface area contributed by atoms with E-state index in [0.717, 1.165) is 51.0 Å². The van der Waals surface area contributed by atoms with E-state index in [2.05, 4.69) is 100 Å². The number of aryl methyl sites for hydroxylation is 7. The van der Waals surface area contributed by atoms with Gasteiger partial charge in [-0.15, -0.1) is 37.1 Å². The van der Waals surface area contributed by atoms with E-state index in [0.29, 0.717) is 56.7 Å². The molecule has 9 aromatic rings. The number of rotatable bonds is 11. The molecule has 0 saturated carbocycles. The van der Waals surface area contributed by atoms with Crippen molar-refractivity contribution in [2.75, 3.05) is 51.7 Å². The summed E-state index contributed by atoms with van der Waals surface area (Å²) in [6.07, 6.45) is 10.1. The number of fused-ring (bicyclic) bond motifs is 3. The van der Waals surface area contributed by atoms with Crippen molar-refractivity contribution in [2.24, 2.45) is 11.7 Å². The number of benzene rings is 2. The van der Waals surface area contributed by atoms with Crippen molar-refractivity contribution in [3.8, 4) is 42.1 Å². The summed E-state index contributed by atoms with van der Waals surface area (Å²) in [5.41, 5.74) is 8.03. The Labute approximate surface area is 551 Å². The minimum Gasteiger partial charge on any atom is -0.497 e. The van der Waals surface area contributed by atoms with Crippen LogP contribution in [0.5, 0.6) is 17.4 Å². The number of nitrogens with zero attached hydrogens (tertiary/aromatic N) is 7. The first kappa shape index (κ1) is 80.2. The standard InChI is InChI=1S/C16H17N3O2.C10H14O4.C8H7ClN2O.2C8H8N2O2.C8H11NO.C2H6N2.Cl3OP.ClH/c1-10-9-14-15(17-11(2)18-16(14)21-10)19(3)12-5-7-13(20-4)8-6-12;1-4-7-8(9(11)13-5-2)10(12)14-6-3;1-4-3-6-7(9)10-5(2)11-8(6)12-4;1-4-3-6-7(11)9-5(2)10-8(6)12-4;1-3-4-6-7(11)9-5(2)10-8(6)12;1-9-7-3-5-8(10-2)6-4-7;1-2(3)4;1-5(2,3)4;/h5-9H,1-4H3;1,8H,5-7H2,2-3H3;3H,1-2H3;3H,1-2H3,(H,9,10,11);1H,4H2,2H3,(H2,9,10,11,12);3-6,9H,1-2H3;1H3,(H3,3,4);;1H. The maximum absolute atomic E-state index is 11.3. The first-order chi connectivity index (χ1) is 42.3. The van der Waals surface area contributed by atoms with Crippen molar-refractivity contribution in [2.45, 2.75) is 82.1 Å². The van der Waals surface area contributed by atoms with Gasteiger partial charge in [0.2, 0.25) is 23.0 Å². The molecule has 0 aliphatic carbocycles. The minimum absolute atomic E-state index is 0. The third-order valence-electron chi connectivity index (χ3n) is 10.8. The summed E-state index contributed by atoms with van der Waals surface area (Å²) in [7, 11) is 7.19. The smallest absolute Gasteiger partial charge is 0.339 e. The second kappa shape index (κ2) is 40.0. The topological polar surface area (TPSA) is 356 Å². The van der Waals surface area contributed by atoms with E-state index < -0.39 is 23.1 Å². The third-order valence-corrected chi connectivity index (χ3v) is 11.1. The van der Waals surface area contributed by atoms with Crippen molar-refractivity contribution >= 4 is 131 Å². The van der Waals surface area contributed by atoms with Crippen LogP contribution in [-0.4, -0.2) is 104 Å². The van der Waals surface area contributed by atoms with Gasteiger partial charge in [-0.25, -0.2) is 15.0 Å². The number of nitrogens with two attached hydrogens (primary N) is 1. The molecule has 490 valence electrons. The van der Waals surface area contributed by atoms with Crippen LogP contribution in [0.3, 0.4) is 0 Å². The number of hydrogen-bond donors (Lipinski definition) is 6. The lowest BCUT2D eigenvalue weighted by atomic mass is 10.1. The molecular weight excluding hydrogens is 1300 g/mol. The number of hydrogen-bond acceptors (Lipinski definition) is 22. The van der Waals surface area contributed by atoms with Crippen molar-refractivity contribution < 1.29 is 51.5 Å². The SMILES string of the molecule is C#CCC(C(=O)OCC)C(=O)OCC.C#CCc1c(O)nc(C)[nH]c1=O.CC(=N)N.CNc1ccc(OC)cc1.COc1ccc(N(C)c2nc(C)nc3oc(C)cc23)cc1.Cc1nc(Cl)c2cc(C)oc2n1.Cc1nc2oc(C)cc2c(=O)[nH]1.Cl.O=P(Cl)(Cl)Cl. The highest BCUT2D eigenvalue weighted by atomic mass is 36.0. The van der Waals surface area contributed by atoms with Gasteiger partial charge in [-0.05, 0) is 170 Å². The normalized spacial score (nSPS) is 9.95. The summed E-state index contributed by atoms with van der Waals surface area (Å²) in [5.74, 6) is 9.30. The van der Waals surface area contributed by atoms with Crippen LogP contribution < -0.4 is 36.5 Å². The highest BCUT2D eigenvalue weighted by Crippen LogP contribution is 2.61. The van der Waals surface area contributed by atoms with Gasteiger partial charge < -0.3 is 63.2 Å². The number of furan rings is 3. The first-order valence-electron chi connectivity index (χ1n) is 26.6. The van der Waals surface area contributed by atoms with Crippen molar-refractivity contribution in [1.82, 2.24) is 39.9 Å². The number of amidine groups is 1. The number of aromatic nitrogens is 8. The average Bonchev–Trinajstić information content (AvgIpc) is 1.99. The summed E-state index contributed by atoms with van der Waals surface area (Å²) in [6.45, 7) is 17.8. The molecule has 7 heterocycles. The predicted octanol–water partition coefficient (Wildman–Crippen LogP) is 12.9. The van der Waals surface area contributed by atoms with Crippen LogP contribution in [0.1, 0.15) is 73.3 Å². The van der Waals surface area contributed by atoms with Crippen molar-refractivity contribution in [1.29, 1.82) is 5.41 Å². The highest BCUT2D eigenvalue weighted by molar-refractivity contribution is 8.24. The van der Waals surface area contributed by atoms with Gasteiger partial charge in [-0.3, -0.25) is 29.2 Å². The van der Waals surface area contributed by atoms with Crippen LogP contribution in [-0.2, 0) is 30.0 Å². The Morgan fingerprint density at radius 2 is 1.14 bits per heavy atom. The van der Waals surface area contributed by atoms with Gasteiger partial charge >= 0.3 is 17.1 Å². The number of aromatic amines is 2. The molecule has 25 nitrogen and oxygen atoms in total. The number of ether oxygens (including phenoxy) is 4. The molecule has 0 unspecified atom stereocenters. The summed E-state index contributed by atoms with van der Waals surface area (Å²) in [4.78, 5) is 76.6. The van der Waals surface area contributed by atoms with Gasteiger partial charge in [0.1, 0.15) is 68.4 Å². The first-order valence-corrected chi connectivity index (χ1v) is 31.4. The lowest BCUT2D eigenvalue weighted by molar-refractivity contribution is -0.161. The molecule has 0 atom stereocenters. The third kappa shape index (κ3) is 28.7. The van der Waals surface area contributed by atoms with E-state index in [-0.39, 0.29) is 66.9 Å². The number of anilines is 3. The second-order valence-electron chi connectivity index (χ2n) is 18.2. The van der Waals surface area contributed by atoms with Gasteiger partial charge in [0, 0.05) is 38.3 Å². The molecule has 9 rings (SSSR count). The molecular formula is C60H72Cl5N12O13P. The quantitative estimate of drug-likeness (QED) is 0.0133. The molecule has 0 amide bonds. The van der Waals surface area contributed by atoms with Gasteiger partial charge in [0.05, 0.1) is 49.6 Å². The molecule has 0 spiro atoms. The summed E-state index contributed by atoms with van der Waals surface area (Å²) in [6, 6.07) is 21.1. The van der Waals surface area contributed by atoms with Crippen molar-refractivity contribution in [3.05, 3.63) is 139 Å². The van der Waals surface area contributed by atoms with Gasteiger partial charge in [0.25, 0.3) is 11.1 Å². The van der Waals surface area contributed by atoms with Crippen LogP contribution in [0.15, 0.2) is 89.6 Å². The van der Waals surface area contributed by atoms with E-state index in [4.69, 9.17) is 58.3 Å². The molecule has 0 saturated heterocycles. The zero-order valence-electron chi connectivity index (χ0n) is 52.3. The zero-order valence-corrected chi connectivity index (χ0v) is 57.1. The second-order valence-corrected chi connectivity index (χ2v) is 25.1. The largest absolute Gasteiger partial charge is 0.497 e. The Morgan fingerprint density at radius 3 is 1.58 bits per heavy atom. The Morgan fingerprint density at radius 1 is 0.725 bits per heavy atom. The fraction of sp³-hybridized carbons (Fsp3) is 0.317. The highest BCUT2D eigenvalue weighted by Gasteiger charge is 2.28. The number of methoxy groups -OCH3 is 2. The van der Waals surface area contributed by atoms with Crippen LogP contribution in [0, 0.1) is 84.5 Å². The Hall–Kier alpha value is -8.81. The lowest BCUT2D eigenvalue weighted by Gasteiger charge is -2.19. The van der Waals surface area contributed by atoms with Gasteiger partial charge in [-0.2, -0.15) is 15.0 Å². The summed E-state index contributed by atoms with van der Waals surface area (Å²) in [5, 5.41) is 17.9. The molecule has 91 heavy (non-hydrogen) atoms. The number of H-pyrrole nitrogens is 2. The number of terminal acetylenes is 2. The molecule has 0 fully saturated rings.